The van der Waals surface area contributed by atoms with Crippen LogP contribution in [0.2, 0.25) is 0 Å². The average Bonchev–Trinajstić information content (AvgIpc) is 2.97. The predicted molar refractivity (Wildman–Crippen MR) is 72.4 cm³/mol. The molecule has 0 unspecified atom stereocenters. The molecule has 1 aromatic heterocycles. The zero-order valence-corrected chi connectivity index (χ0v) is 11.0. The SMILES string of the molecule is N#C/C(=C\c1ccoc1)C(=O)Nc1cccc(C(F)(F)F)c1. The van der Waals surface area contributed by atoms with Crippen LogP contribution >= 0.6 is 0 Å². The van der Waals surface area contributed by atoms with Gasteiger partial charge < -0.3 is 9.73 Å². The Hall–Kier alpha value is -3.01. The molecule has 0 fully saturated rings. The van der Waals surface area contributed by atoms with Crippen LogP contribution in [0.25, 0.3) is 6.08 Å². The fraction of sp³-hybridized carbons (Fsp3) is 0.0667. The molecule has 0 aliphatic heterocycles. The molecule has 2 aromatic rings. The molecule has 0 saturated heterocycles. The second kappa shape index (κ2) is 6.18. The number of nitrogens with one attached hydrogen (secondary N) is 1. The summed E-state index contributed by atoms with van der Waals surface area (Å²) in [4.78, 5) is 11.9. The summed E-state index contributed by atoms with van der Waals surface area (Å²) in [5.41, 5.74) is -0.689. The largest absolute Gasteiger partial charge is 0.472 e. The van der Waals surface area contributed by atoms with Crippen LogP contribution in [0.4, 0.5) is 18.9 Å². The first kappa shape index (κ1) is 15.4. The van der Waals surface area contributed by atoms with Crippen LogP contribution in [0.5, 0.6) is 0 Å². The molecule has 1 heterocycles. The third-order valence-electron chi connectivity index (χ3n) is 2.67. The molecule has 0 saturated carbocycles. The monoisotopic (exact) mass is 306 g/mol. The zero-order chi connectivity index (χ0) is 16.2. The van der Waals surface area contributed by atoms with E-state index in [0.717, 1.165) is 12.1 Å². The Labute approximate surface area is 123 Å². The molecule has 0 aliphatic rings. The second-order valence-electron chi connectivity index (χ2n) is 4.26. The normalized spacial score (nSPS) is 11.8. The van der Waals surface area contributed by atoms with Crippen LogP contribution in [-0.4, -0.2) is 5.91 Å². The molecular weight excluding hydrogens is 297 g/mol. The molecule has 0 aliphatic carbocycles. The summed E-state index contributed by atoms with van der Waals surface area (Å²) in [6.07, 6.45) is -0.543. The van der Waals surface area contributed by atoms with Crippen molar-refractivity contribution < 1.29 is 22.4 Å². The molecule has 4 nitrogen and oxygen atoms in total. The van der Waals surface area contributed by atoms with Crippen molar-refractivity contribution in [3.05, 3.63) is 59.6 Å². The van der Waals surface area contributed by atoms with Crippen LogP contribution in [0.3, 0.4) is 0 Å². The maximum Gasteiger partial charge on any atom is 0.416 e. The molecule has 0 spiro atoms. The first-order valence-electron chi connectivity index (χ1n) is 6.03. The van der Waals surface area contributed by atoms with Gasteiger partial charge in [-0.1, -0.05) is 6.07 Å². The number of benzene rings is 1. The quantitative estimate of drug-likeness (QED) is 0.692. The van der Waals surface area contributed by atoms with E-state index in [1.54, 1.807) is 6.07 Å². The number of furan rings is 1. The molecule has 0 radical (unpaired) electrons. The minimum Gasteiger partial charge on any atom is -0.472 e. The maximum absolute atomic E-state index is 12.6. The highest BCUT2D eigenvalue weighted by molar-refractivity contribution is 6.09. The van der Waals surface area contributed by atoms with Gasteiger partial charge in [0.15, 0.2) is 0 Å². The third kappa shape index (κ3) is 3.76. The molecule has 0 atom stereocenters. The van der Waals surface area contributed by atoms with Crippen molar-refractivity contribution in [3.63, 3.8) is 0 Å². The van der Waals surface area contributed by atoms with Crippen LogP contribution in [-0.2, 0) is 11.0 Å². The van der Waals surface area contributed by atoms with Gasteiger partial charge in [-0.15, -0.1) is 0 Å². The number of amides is 1. The van der Waals surface area contributed by atoms with Gasteiger partial charge in [0.25, 0.3) is 5.91 Å². The van der Waals surface area contributed by atoms with Crippen molar-refractivity contribution in [2.45, 2.75) is 6.18 Å². The van der Waals surface area contributed by atoms with E-state index >= 15 is 0 Å². The van der Waals surface area contributed by atoms with E-state index in [2.05, 4.69) is 5.32 Å². The van der Waals surface area contributed by atoms with Crippen LogP contribution in [0, 0.1) is 11.3 Å². The third-order valence-corrected chi connectivity index (χ3v) is 2.67. The molecule has 2 rings (SSSR count). The van der Waals surface area contributed by atoms with E-state index in [9.17, 15) is 18.0 Å². The maximum atomic E-state index is 12.6. The lowest BCUT2D eigenvalue weighted by Gasteiger charge is -2.09. The lowest BCUT2D eigenvalue weighted by atomic mass is 10.1. The van der Waals surface area contributed by atoms with Crippen LogP contribution < -0.4 is 5.32 Å². The topological polar surface area (TPSA) is 66.0 Å². The van der Waals surface area contributed by atoms with Gasteiger partial charge in [-0.3, -0.25) is 4.79 Å². The highest BCUT2D eigenvalue weighted by atomic mass is 19.4. The standard InChI is InChI=1S/C15H9F3N2O2/c16-15(17,18)12-2-1-3-13(7-12)20-14(21)11(8-19)6-10-4-5-22-9-10/h1-7,9H,(H,20,21)/b11-6+. The number of carbonyl (C=O) groups is 1. The van der Waals surface area contributed by atoms with Crippen LogP contribution in [0.15, 0.2) is 52.8 Å². The molecule has 7 heteroatoms. The fourth-order valence-corrected chi connectivity index (χ4v) is 1.64. The van der Waals surface area contributed by atoms with Crippen molar-refractivity contribution in [2.75, 3.05) is 5.32 Å². The molecule has 1 amide bonds. The number of anilines is 1. The van der Waals surface area contributed by atoms with Crippen molar-refractivity contribution in [1.29, 1.82) is 5.26 Å². The number of hydrogen-bond acceptors (Lipinski definition) is 3. The summed E-state index contributed by atoms with van der Waals surface area (Å²) in [7, 11) is 0. The molecule has 1 N–H and O–H groups in total. The Morgan fingerprint density at radius 1 is 1.32 bits per heavy atom. The predicted octanol–water partition coefficient (Wildman–Crippen LogP) is 3.84. The Kier molecular flexibility index (Phi) is 4.32. The van der Waals surface area contributed by atoms with Gasteiger partial charge in [0.05, 0.1) is 18.1 Å². The molecule has 1 aromatic carbocycles. The summed E-state index contributed by atoms with van der Waals surface area (Å²) in [5, 5.41) is 11.2. The number of rotatable bonds is 3. The second-order valence-corrected chi connectivity index (χ2v) is 4.26. The van der Waals surface area contributed by atoms with E-state index < -0.39 is 17.6 Å². The fourth-order valence-electron chi connectivity index (χ4n) is 1.64. The molecule has 22 heavy (non-hydrogen) atoms. The number of alkyl halides is 3. The van der Waals surface area contributed by atoms with Crippen molar-refractivity contribution in [2.24, 2.45) is 0 Å². The van der Waals surface area contributed by atoms with Gasteiger partial charge in [-0.05, 0) is 30.3 Å². The highest BCUT2D eigenvalue weighted by Gasteiger charge is 2.30. The summed E-state index contributed by atoms with van der Waals surface area (Å²) in [6.45, 7) is 0. The minimum atomic E-state index is -4.51. The number of halogens is 3. The van der Waals surface area contributed by atoms with Gasteiger partial charge in [0.2, 0.25) is 0 Å². The van der Waals surface area contributed by atoms with Crippen molar-refractivity contribution >= 4 is 17.7 Å². The lowest BCUT2D eigenvalue weighted by Crippen LogP contribution is -2.14. The van der Waals surface area contributed by atoms with E-state index in [1.807, 2.05) is 0 Å². The minimum absolute atomic E-state index is 0.0480. The summed E-state index contributed by atoms with van der Waals surface area (Å²) in [5.74, 6) is -0.803. The van der Waals surface area contributed by atoms with Gasteiger partial charge in [0, 0.05) is 11.3 Å². The lowest BCUT2D eigenvalue weighted by molar-refractivity contribution is -0.137. The van der Waals surface area contributed by atoms with E-state index in [1.165, 1.54) is 36.8 Å². The first-order chi connectivity index (χ1) is 10.4. The van der Waals surface area contributed by atoms with Gasteiger partial charge in [-0.25, -0.2) is 0 Å². The Morgan fingerprint density at radius 3 is 2.68 bits per heavy atom. The summed E-state index contributed by atoms with van der Waals surface area (Å²) >= 11 is 0. The number of carbonyl (C=O) groups excluding carboxylic acids is 1. The van der Waals surface area contributed by atoms with Gasteiger partial charge in [-0.2, -0.15) is 18.4 Å². The van der Waals surface area contributed by atoms with E-state index in [-0.39, 0.29) is 11.3 Å². The van der Waals surface area contributed by atoms with Gasteiger partial charge >= 0.3 is 6.18 Å². The Morgan fingerprint density at radius 2 is 2.09 bits per heavy atom. The Bertz CT molecular complexity index is 741. The summed E-state index contributed by atoms with van der Waals surface area (Å²) < 4.78 is 42.6. The van der Waals surface area contributed by atoms with Crippen LogP contribution in [0.1, 0.15) is 11.1 Å². The number of hydrogen-bond donors (Lipinski definition) is 1. The first-order valence-corrected chi connectivity index (χ1v) is 6.03. The van der Waals surface area contributed by atoms with E-state index in [0.29, 0.717) is 5.56 Å². The van der Waals surface area contributed by atoms with Crippen molar-refractivity contribution in [1.82, 2.24) is 0 Å². The molecule has 0 bridgehead atoms. The molecular formula is C15H9F3N2O2. The number of nitriles is 1. The Balaban J connectivity index is 2.20. The highest BCUT2D eigenvalue weighted by Crippen LogP contribution is 2.30. The average molecular weight is 306 g/mol. The van der Waals surface area contributed by atoms with Gasteiger partial charge in [0.1, 0.15) is 11.6 Å². The summed E-state index contributed by atoms with van der Waals surface area (Å²) in [6, 6.07) is 7.39. The zero-order valence-electron chi connectivity index (χ0n) is 11.0. The smallest absolute Gasteiger partial charge is 0.416 e. The van der Waals surface area contributed by atoms with E-state index in [4.69, 9.17) is 9.68 Å². The molecule has 112 valence electrons. The number of nitrogens with zero attached hydrogens (tertiary/aromatic N) is 1. The van der Waals surface area contributed by atoms with Crippen molar-refractivity contribution in [3.8, 4) is 6.07 Å².